The lowest BCUT2D eigenvalue weighted by molar-refractivity contribution is 0.00873. The molecule has 152 valence electrons. The first-order valence-electron chi connectivity index (χ1n) is 9.11. The van der Waals surface area contributed by atoms with Crippen molar-refractivity contribution >= 4 is 5.91 Å². The number of aromatic nitrogens is 2. The van der Waals surface area contributed by atoms with Crippen LogP contribution in [0.2, 0.25) is 0 Å². The van der Waals surface area contributed by atoms with Crippen LogP contribution in [0.5, 0.6) is 0 Å². The predicted molar refractivity (Wildman–Crippen MR) is 98.4 cm³/mol. The van der Waals surface area contributed by atoms with Gasteiger partial charge >= 0.3 is 0 Å². The quantitative estimate of drug-likeness (QED) is 0.798. The molecule has 1 aliphatic heterocycles. The number of amides is 1. The molecule has 1 aromatic heterocycles. The van der Waals surface area contributed by atoms with E-state index < -0.39 is 23.6 Å². The van der Waals surface area contributed by atoms with E-state index in [2.05, 4.69) is 10.00 Å². The number of halogens is 2. The fraction of sp³-hybridized carbons (Fsp3) is 0.474. The molecule has 1 amide bonds. The Bertz CT molecular complexity index is 816. The largest absolute Gasteiger partial charge is 0.390 e. The highest BCUT2D eigenvalue weighted by Gasteiger charge is 2.23. The molecule has 28 heavy (non-hydrogen) atoms. The van der Waals surface area contributed by atoms with Crippen LogP contribution in [0.3, 0.4) is 0 Å². The lowest BCUT2D eigenvalue weighted by atomic mass is 10.2. The molecule has 0 aliphatic carbocycles. The second-order valence-corrected chi connectivity index (χ2v) is 6.91. The number of carbonyl (C=O) groups excluding carboxylic acids is 1. The number of aliphatic hydroxyl groups excluding tert-OH is 1. The van der Waals surface area contributed by atoms with Crippen molar-refractivity contribution in [2.75, 3.05) is 46.4 Å². The highest BCUT2D eigenvalue weighted by atomic mass is 19.1. The average Bonchev–Trinajstić information content (AvgIpc) is 3.03. The predicted octanol–water partition coefficient (Wildman–Crippen LogP) is 1.22. The highest BCUT2D eigenvalue weighted by Crippen LogP contribution is 2.20. The third-order valence-electron chi connectivity index (χ3n) is 4.66. The van der Waals surface area contributed by atoms with Crippen LogP contribution in [0.4, 0.5) is 8.78 Å². The second-order valence-electron chi connectivity index (χ2n) is 6.91. The molecule has 1 saturated heterocycles. The number of rotatable bonds is 6. The van der Waals surface area contributed by atoms with Crippen LogP contribution in [-0.4, -0.2) is 83.1 Å². The third kappa shape index (κ3) is 4.54. The van der Waals surface area contributed by atoms with E-state index in [4.69, 9.17) is 4.74 Å². The van der Waals surface area contributed by atoms with Gasteiger partial charge in [-0.2, -0.15) is 5.10 Å². The van der Waals surface area contributed by atoms with Crippen LogP contribution in [0.15, 0.2) is 24.3 Å². The first kappa shape index (κ1) is 20.4. The molecule has 1 aliphatic rings. The van der Waals surface area contributed by atoms with Crippen molar-refractivity contribution in [1.82, 2.24) is 19.6 Å². The summed E-state index contributed by atoms with van der Waals surface area (Å²) in [5.74, 6) is -1.96. The minimum atomic E-state index is -0.764. The second kappa shape index (κ2) is 8.76. The average molecular weight is 394 g/mol. The fourth-order valence-corrected chi connectivity index (χ4v) is 3.23. The van der Waals surface area contributed by atoms with Gasteiger partial charge < -0.3 is 14.7 Å². The maximum absolute atomic E-state index is 14.0. The van der Waals surface area contributed by atoms with Gasteiger partial charge in [-0.25, -0.2) is 13.5 Å². The molecular weight excluding hydrogens is 370 g/mol. The molecule has 1 fully saturated rings. The number of aryl methyl sites for hydroxylation is 1. The van der Waals surface area contributed by atoms with Crippen LogP contribution >= 0.6 is 0 Å². The summed E-state index contributed by atoms with van der Waals surface area (Å²) >= 11 is 0. The van der Waals surface area contributed by atoms with Crippen LogP contribution in [0.25, 0.3) is 5.69 Å². The molecule has 7 nitrogen and oxygen atoms in total. The normalized spacial score (nSPS) is 16.2. The minimum absolute atomic E-state index is 0.0567. The molecule has 0 saturated carbocycles. The monoisotopic (exact) mass is 394 g/mol. The molecule has 2 heterocycles. The number of nitrogens with zero attached hydrogens (tertiary/aromatic N) is 4. The van der Waals surface area contributed by atoms with Gasteiger partial charge in [0, 0.05) is 38.9 Å². The topological polar surface area (TPSA) is 70.8 Å². The van der Waals surface area contributed by atoms with E-state index in [0.717, 1.165) is 29.9 Å². The molecule has 1 unspecified atom stereocenters. The molecule has 0 radical (unpaired) electrons. The van der Waals surface area contributed by atoms with E-state index in [1.54, 1.807) is 14.0 Å². The lowest BCUT2D eigenvalue weighted by Crippen LogP contribution is -2.45. The van der Waals surface area contributed by atoms with Crippen molar-refractivity contribution in [2.24, 2.45) is 0 Å². The van der Waals surface area contributed by atoms with Gasteiger partial charge in [-0.1, -0.05) is 6.07 Å². The Labute approximate surface area is 162 Å². The standard InChI is InChI=1S/C19H24F2N4O3/c1-13-10-17(22-25(13)18-15(20)4-3-5-16(18)21)19(27)23(2)11-14(26)12-24-6-8-28-9-7-24/h3-5,10,14,26H,6-9,11-12H2,1-2H3. The number of likely N-dealkylation sites (N-methyl/N-ethyl adjacent to an activating group) is 1. The number of morpholine rings is 1. The van der Waals surface area contributed by atoms with E-state index in [1.165, 1.54) is 17.0 Å². The molecule has 1 aromatic carbocycles. The van der Waals surface area contributed by atoms with Gasteiger partial charge in [0.1, 0.15) is 5.69 Å². The fourth-order valence-electron chi connectivity index (χ4n) is 3.23. The molecule has 1 atom stereocenters. The maximum Gasteiger partial charge on any atom is 0.274 e. The SMILES string of the molecule is Cc1cc(C(=O)N(C)CC(O)CN2CCOCC2)nn1-c1c(F)cccc1F. The van der Waals surface area contributed by atoms with Gasteiger partial charge in [-0.15, -0.1) is 0 Å². The van der Waals surface area contributed by atoms with Crippen molar-refractivity contribution in [1.29, 1.82) is 0 Å². The first-order chi connectivity index (χ1) is 13.4. The van der Waals surface area contributed by atoms with E-state index >= 15 is 0 Å². The number of ether oxygens (including phenoxy) is 1. The number of hydrogen-bond donors (Lipinski definition) is 1. The van der Waals surface area contributed by atoms with Gasteiger partial charge in [0.25, 0.3) is 5.91 Å². The zero-order valence-electron chi connectivity index (χ0n) is 15.9. The van der Waals surface area contributed by atoms with Crippen molar-refractivity contribution in [3.05, 3.63) is 47.3 Å². The number of benzene rings is 1. The van der Waals surface area contributed by atoms with Crippen molar-refractivity contribution < 1.29 is 23.4 Å². The number of hydrogen-bond acceptors (Lipinski definition) is 5. The van der Waals surface area contributed by atoms with Gasteiger partial charge in [-0.05, 0) is 25.1 Å². The minimum Gasteiger partial charge on any atom is -0.390 e. The van der Waals surface area contributed by atoms with E-state index in [0.29, 0.717) is 25.5 Å². The van der Waals surface area contributed by atoms with Gasteiger partial charge in [0.15, 0.2) is 17.3 Å². The number of para-hydroxylation sites is 1. The van der Waals surface area contributed by atoms with Crippen molar-refractivity contribution in [2.45, 2.75) is 13.0 Å². The first-order valence-corrected chi connectivity index (χ1v) is 9.11. The Kier molecular flexibility index (Phi) is 6.38. The summed E-state index contributed by atoms with van der Waals surface area (Å²) < 4.78 is 34.4. The Hall–Kier alpha value is -2.36. The molecule has 3 rings (SSSR count). The van der Waals surface area contributed by atoms with Gasteiger partial charge in [0.2, 0.25) is 0 Å². The maximum atomic E-state index is 14.0. The van der Waals surface area contributed by atoms with E-state index in [-0.39, 0.29) is 17.9 Å². The molecular formula is C19H24F2N4O3. The van der Waals surface area contributed by atoms with E-state index in [9.17, 15) is 18.7 Å². The number of β-amino-alcohol motifs (C(OH)–C–C–N with tert-alkyl or cyclic N) is 1. The summed E-state index contributed by atoms with van der Waals surface area (Å²) in [7, 11) is 1.56. The zero-order valence-corrected chi connectivity index (χ0v) is 15.9. The summed E-state index contributed by atoms with van der Waals surface area (Å²) in [5.41, 5.74) is 0.157. The Morgan fingerprint density at radius 2 is 1.96 bits per heavy atom. The smallest absolute Gasteiger partial charge is 0.274 e. The molecule has 0 bridgehead atoms. The van der Waals surface area contributed by atoms with Crippen LogP contribution in [0, 0.1) is 18.6 Å². The third-order valence-corrected chi connectivity index (χ3v) is 4.66. The summed E-state index contributed by atoms with van der Waals surface area (Å²) in [4.78, 5) is 16.1. The number of carbonyl (C=O) groups is 1. The van der Waals surface area contributed by atoms with Gasteiger partial charge in [-0.3, -0.25) is 9.69 Å². The summed E-state index contributed by atoms with van der Waals surface area (Å²) in [6, 6.07) is 5.01. The lowest BCUT2D eigenvalue weighted by Gasteiger charge is -2.29. The summed E-state index contributed by atoms with van der Waals surface area (Å²) in [5, 5.41) is 14.4. The van der Waals surface area contributed by atoms with Crippen LogP contribution in [-0.2, 0) is 4.74 Å². The van der Waals surface area contributed by atoms with Gasteiger partial charge in [0.05, 0.1) is 19.3 Å². The Morgan fingerprint density at radius 1 is 1.32 bits per heavy atom. The molecule has 1 N–H and O–H groups in total. The molecule has 0 spiro atoms. The van der Waals surface area contributed by atoms with E-state index in [1.807, 2.05) is 0 Å². The van der Waals surface area contributed by atoms with Crippen LogP contribution < -0.4 is 0 Å². The van der Waals surface area contributed by atoms with Crippen molar-refractivity contribution in [3.63, 3.8) is 0 Å². The van der Waals surface area contributed by atoms with Crippen LogP contribution in [0.1, 0.15) is 16.2 Å². The van der Waals surface area contributed by atoms with Crippen molar-refractivity contribution in [3.8, 4) is 5.69 Å². The Morgan fingerprint density at radius 3 is 2.61 bits per heavy atom. The number of aliphatic hydroxyl groups is 1. The summed E-state index contributed by atoms with van der Waals surface area (Å²) in [6.07, 6.45) is -0.723. The molecule has 9 heteroatoms. The molecule has 2 aromatic rings. The highest BCUT2D eigenvalue weighted by molar-refractivity contribution is 5.92. The Balaban J connectivity index is 1.68. The summed E-state index contributed by atoms with van der Waals surface area (Å²) in [6.45, 7) is 4.92. The zero-order chi connectivity index (χ0) is 20.3.